The lowest BCUT2D eigenvalue weighted by Crippen LogP contribution is -2.48. The van der Waals surface area contributed by atoms with Gasteiger partial charge in [-0.25, -0.2) is 8.42 Å². The highest BCUT2D eigenvalue weighted by molar-refractivity contribution is 7.90. The molecule has 0 spiro atoms. The minimum absolute atomic E-state index is 0.0508. The van der Waals surface area contributed by atoms with Gasteiger partial charge in [-0.2, -0.15) is 26.3 Å². The number of benzene rings is 2. The fourth-order valence-corrected chi connectivity index (χ4v) is 4.32. The second-order valence-corrected chi connectivity index (χ2v) is 9.66. The summed E-state index contributed by atoms with van der Waals surface area (Å²) in [7, 11) is -2.85. The number of likely N-dealkylation sites (tertiary alicyclic amines) is 1. The fraction of sp³-hybridized carbons (Fsp3) is 0.381. The van der Waals surface area contributed by atoms with Crippen molar-refractivity contribution in [3.05, 3.63) is 53.1 Å². The summed E-state index contributed by atoms with van der Waals surface area (Å²) in [6, 6.07) is 6.35. The van der Waals surface area contributed by atoms with Gasteiger partial charge >= 0.3 is 12.4 Å². The number of sulfone groups is 1. The number of halogens is 6. The molecule has 34 heavy (non-hydrogen) atoms. The third kappa shape index (κ3) is 5.57. The minimum atomic E-state index is -4.71. The van der Waals surface area contributed by atoms with Crippen LogP contribution in [0.25, 0.3) is 0 Å². The second kappa shape index (κ2) is 9.01. The maximum Gasteiger partial charge on any atom is 0.422 e. The molecule has 13 heteroatoms. The first-order valence-corrected chi connectivity index (χ1v) is 11.6. The van der Waals surface area contributed by atoms with Crippen molar-refractivity contribution in [2.45, 2.75) is 23.2 Å². The average molecular weight is 511 g/mol. The summed E-state index contributed by atoms with van der Waals surface area (Å²) < 4.78 is 110. The van der Waals surface area contributed by atoms with E-state index in [4.69, 9.17) is 9.47 Å². The van der Waals surface area contributed by atoms with Crippen molar-refractivity contribution >= 4 is 15.7 Å². The van der Waals surface area contributed by atoms with Crippen molar-refractivity contribution in [2.75, 3.05) is 33.1 Å². The first kappa shape index (κ1) is 25.7. The molecule has 0 radical (unpaired) electrons. The zero-order chi connectivity index (χ0) is 25.5. The maximum absolute atomic E-state index is 13.1. The summed E-state index contributed by atoms with van der Waals surface area (Å²) in [5, 5.41) is 0. The molecule has 1 fully saturated rings. The van der Waals surface area contributed by atoms with Crippen LogP contribution in [0.4, 0.5) is 26.3 Å². The van der Waals surface area contributed by atoms with Crippen LogP contribution in [-0.2, 0) is 16.0 Å². The van der Waals surface area contributed by atoms with Crippen LogP contribution in [0.15, 0.2) is 41.3 Å². The number of ether oxygens (including phenoxy) is 2. The number of methoxy groups -OCH3 is 1. The lowest BCUT2D eigenvalue weighted by atomic mass is 9.90. The molecule has 2 aromatic rings. The van der Waals surface area contributed by atoms with E-state index in [1.165, 1.54) is 17.0 Å². The predicted octanol–water partition coefficient (Wildman–Crippen LogP) is 4.30. The van der Waals surface area contributed by atoms with Crippen LogP contribution in [0.1, 0.15) is 27.4 Å². The summed E-state index contributed by atoms with van der Waals surface area (Å²) in [6.07, 6.45) is -8.36. The molecule has 1 saturated heterocycles. The van der Waals surface area contributed by atoms with Crippen LogP contribution >= 0.6 is 0 Å². The molecule has 1 aliphatic rings. The van der Waals surface area contributed by atoms with Crippen LogP contribution < -0.4 is 9.47 Å². The van der Waals surface area contributed by atoms with Crippen molar-refractivity contribution < 1.29 is 49.0 Å². The van der Waals surface area contributed by atoms with Gasteiger partial charge in [0.15, 0.2) is 22.2 Å². The average Bonchev–Trinajstić information content (AvgIpc) is 2.68. The van der Waals surface area contributed by atoms with Gasteiger partial charge in [-0.1, -0.05) is 12.1 Å². The topological polar surface area (TPSA) is 72.9 Å². The van der Waals surface area contributed by atoms with E-state index in [0.717, 1.165) is 37.6 Å². The third-order valence-electron chi connectivity index (χ3n) is 5.17. The molecule has 0 unspecified atom stereocenters. The summed E-state index contributed by atoms with van der Waals surface area (Å²) in [5.41, 5.74) is -0.764. The predicted molar refractivity (Wildman–Crippen MR) is 108 cm³/mol. The van der Waals surface area contributed by atoms with Crippen LogP contribution in [0, 0.1) is 0 Å². The van der Waals surface area contributed by atoms with Gasteiger partial charge in [0.05, 0.1) is 12.7 Å². The van der Waals surface area contributed by atoms with E-state index in [2.05, 4.69) is 0 Å². The molecule has 0 aliphatic carbocycles. The summed E-state index contributed by atoms with van der Waals surface area (Å²) >= 11 is 0. The highest BCUT2D eigenvalue weighted by atomic mass is 32.2. The summed E-state index contributed by atoms with van der Waals surface area (Å²) in [5.74, 6) is -2.10. The lowest BCUT2D eigenvalue weighted by molar-refractivity contribution is -0.153. The van der Waals surface area contributed by atoms with Gasteiger partial charge in [0.1, 0.15) is 16.2 Å². The molecule has 1 heterocycles. The summed E-state index contributed by atoms with van der Waals surface area (Å²) in [4.78, 5) is 13.9. The van der Waals surface area contributed by atoms with Gasteiger partial charge in [0.25, 0.3) is 5.91 Å². The number of rotatable bonds is 6. The number of nitrogens with zero attached hydrogens (tertiary/aromatic N) is 1. The number of carbonyl (C=O) groups excluding carboxylic acids is 1. The molecule has 0 bridgehead atoms. The Kier molecular flexibility index (Phi) is 6.80. The molecule has 0 saturated carbocycles. The van der Waals surface area contributed by atoms with Crippen molar-refractivity contribution in [3.63, 3.8) is 0 Å². The van der Waals surface area contributed by atoms with E-state index in [9.17, 15) is 39.6 Å². The van der Waals surface area contributed by atoms with E-state index in [1.807, 2.05) is 0 Å². The van der Waals surface area contributed by atoms with Crippen LogP contribution in [0.5, 0.6) is 11.5 Å². The van der Waals surface area contributed by atoms with E-state index in [1.54, 1.807) is 0 Å². The molecule has 186 valence electrons. The van der Waals surface area contributed by atoms with Crippen molar-refractivity contribution in [3.8, 4) is 11.5 Å². The molecular weight excluding hydrogens is 492 g/mol. The minimum Gasteiger partial charge on any atom is -0.494 e. The standard InChI is InChI=1S/C21H19F6NO5S/c1-32-18-16(34(2,30)31)8-7-15(33-11-20(22,23)24)17(18)19(29)28-9-13(10-28)12-3-5-14(6-4-12)21(25,26)27/h3-8,13H,9-11H2,1-2H3. The summed E-state index contributed by atoms with van der Waals surface area (Å²) in [6.45, 7) is -1.62. The molecule has 0 N–H and O–H groups in total. The highest BCUT2D eigenvalue weighted by Gasteiger charge is 2.38. The van der Waals surface area contributed by atoms with E-state index in [-0.39, 0.29) is 19.0 Å². The Morgan fingerprint density at radius 3 is 2.09 bits per heavy atom. The van der Waals surface area contributed by atoms with Gasteiger partial charge in [-0.15, -0.1) is 0 Å². The Balaban J connectivity index is 1.88. The van der Waals surface area contributed by atoms with Gasteiger partial charge in [0.2, 0.25) is 0 Å². The van der Waals surface area contributed by atoms with Crippen LogP contribution in [0.2, 0.25) is 0 Å². The number of hydrogen-bond donors (Lipinski definition) is 0. The first-order chi connectivity index (χ1) is 15.6. The Hall–Kier alpha value is -2.96. The first-order valence-electron chi connectivity index (χ1n) is 9.69. The van der Waals surface area contributed by atoms with Gasteiger partial charge in [-0.05, 0) is 29.8 Å². The molecule has 1 amide bonds. The lowest BCUT2D eigenvalue weighted by Gasteiger charge is -2.40. The van der Waals surface area contributed by atoms with Gasteiger partial charge < -0.3 is 14.4 Å². The monoisotopic (exact) mass is 511 g/mol. The number of alkyl halides is 6. The van der Waals surface area contributed by atoms with Crippen LogP contribution in [-0.4, -0.2) is 58.5 Å². The fourth-order valence-electron chi connectivity index (χ4n) is 3.48. The molecule has 0 aromatic heterocycles. The third-order valence-corrected chi connectivity index (χ3v) is 6.29. The largest absolute Gasteiger partial charge is 0.494 e. The Morgan fingerprint density at radius 1 is 1.03 bits per heavy atom. The van der Waals surface area contributed by atoms with E-state index < -0.39 is 62.2 Å². The number of carbonyl (C=O) groups is 1. The molecule has 6 nitrogen and oxygen atoms in total. The number of amides is 1. The van der Waals surface area contributed by atoms with Gasteiger partial charge in [0, 0.05) is 25.3 Å². The molecular formula is C21H19F6NO5S. The van der Waals surface area contributed by atoms with Crippen molar-refractivity contribution in [1.82, 2.24) is 4.90 Å². The molecule has 1 aliphatic heterocycles. The Bertz CT molecular complexity index is 1170. The zero-order valence-corrected chi connectivity index (χ0v) is 18.6. The normalized spacial score (nSPS) is 15.1. The quantitative estimate of drug-likeness (QED) is 0.541. The van der Waals surface area contributed by atoms with Crippen molar-refractivity contribution in [2.24, 2.45) is 0 Å². The number of hydrogen-bond acceptors (Lipinski definition) is 5. The molecule has 3 rings (SSSR count). The highest BCUT2D eigenvalue weighted by Crippen LogP contribution is 2.39. The maximum atomic E-state index is 13.1. The molecule has 2 aromatic carbocycles. The Labute approximate surface area is 191 Å². The SMILES string of the molecule is COc1c(S(C)(=O)=O)ccc(OCC(F)(F)F)c1C(=O)N1CC(c2ccc(C(F)(F)F)cc2)C1. The van der Waals surface area contributed by atoms with Crippen molar-refractivity contribution in [1.29, 1.82) is 0 Å². The van der Waals surface area contributed by atoms with E-state index >= 15 is 0 Å². The van der Waals surface area contributed by atoms with Gasteiger partial charge in [-0.3, -0.25) is 4.79 Å². The zero-order valence-electron chi connectivity index (χ0n) is 17.8. The molecule has 0 atom stereocenters. The van der Waals surface area contributed by atoms with E-state index in [0.29, 0.717) is 5.56 Å². The van der Waals surface area contributed by atoms with Crippen LogP contribution in [0.3, 0.4) is 0 Å². The Morgan fingerprint density at radius 2 is 1.62 bits per heavy atom. The second-order valence-electron chi connectivity index (χ2n) is 7.67. The smallest absolute Gasteiger partial charge is 0.422 e.